The molecule has 2 N–H and O–H groups in total. The van der Waals surface area contributed by atoms with Gasteiger partial charge in [-0.1, -0.05) is 29.8 Å². The number of hydrogen-bond donors (Lipinski definition) is 2. The molecular formula is C26H24ClN5O3. The number of fused-ring (bicyclic) bond motifs is 1. The molecular weight excluding hydrogens is 466 g/mol. The number of carbonyl (C=O) groups is 2. The number of nitrogens with zero attached hydrogens (tertiary/aromatic N) is 3. The number of amides is 3. The van der Waals surface area contributed by atoms with Crippen molar-refractivity contribution >= 4 is 40.1 Å². The Hall–Kier alpha value is -4.04. The fraction of sp³-hybridized carbons (Fsp3) is 0.192. The van der Waals surface area contributed by atoms with Crippen LogP contribution < -0.4 is 15.4 Å². The third-order valence-corrected chi connectivity index (χ3v) is 6.25. The molecule has 0 saturated carbocycles. The molecule has 1 fully saturated rings. The number of hydrogen-bond acceptors (Lipinski definition) is 4. The van der Waals surface area contributed by atoms with Crippen molar-refractivity contribution in [3.8, 4) is 11.4 Å². The summed E-state index contributed by atoms with van der Waals surface area (Å²) in [5.41, 5.74) is 3.62. The van der Waals surface area contributed by atoms with E-state index in [1.807, 2.05) is 43.3 Å². The van der Waals surface area contributed by atoms with Gasteiger partial charge < -0.3 is 20.3 Å². The number of rotatable bonds is 7. The predicted octanol–water partition coefficient (Wildman–Crippen LogP) is 4.64. The van der Waals surface area contributed by atoms with Gasteiger partial charge in [0.1, 0.15) is 12.4 Å². The topological polar surface area (TPSA) is 88.5 Å². The van der Waals surface area contributed by atoms with E-state index in [-0.39, 0.29) is 11.9 Å². The van der Waals surface area contributed by atoms with Crippen LogP contribution in [0.2, 0.25) is 5.02 Å². The zero-order valence-electron chi connectivity index (χ0n) is 19.1. The van der Waals surface area contributed by atoms with Crippen molar-refractivity contribution in [2.75, 3.05) is 31.6 Å². The van der Waals surface area contributed by atoms with Crippen molar-refractivity contribution in [2.45, 2.75) is 6.92 Å². The maximum Gasteiger partial charge on any atom is 0.317 e. The van der Waals surface area contributed by atoms with Crippen LogP contribution in [-0.2, 0) is 0 Å². The molecule has 35 heavy (non-hydrogen) atoms. The highest BCUT2D eigenvalue weighted by Crippen LogP contribution is 2.26. The number of carbonyl (C=O) groups excluding carboxylic acids is 2. The second-order valence-corrected chi connectivity index (χ2v) is 8.68. The SMILES string of the molecule is Cc1cc(OCCN2CCNC2=O)ccc1NC(=O)c1ccc(-n2ncc3ccccc32)cc1Cl. The summed E-state index contributed by atoms with van der Waals surface area (Å²) in [6.07, 6.45) is 1.79. The third-order valence-electron chi connectivity index (χ3n) is 5.94. The third kappa shape index (κ3) is 4.79. The Morgan fingerprint density at radius 1 is 1.17 bits per heavy atom. The molecule has 0 spiro atoms. The summed E-state index contributed by atoms with van der Waals surface area (Å²) in [6.45, 7) is 4.16. The molecule has 3 amide bonds. The molecule has 178 valence electrons. The van der Waals surface area contributed by atoms with Gasteiger partial charge in [0.25, 0.3) is 5.91 Å². The van der Waals surface area contributed by atoms with Gasteiger partial charge in [0.15, 0.2) is 0 Å². The summed E-state index contributed by atoms with van der Waals surface area (Å²) in [5, 5.41) is 11.5. The number of nitrogens with one attached hydrogen (secondary N) is 2. The Morgan fingerprint density at radius 3 is 2.80 bits per heavy atom. The van der Waals surface area contributed by atoms with Crippen LogP contribution in [0.1, 0.15) is 15.9 Å². The molecule has 4 aromatic rings. The molecule has 9 heteroatoms. The largest absolute Gasteiger partial charge is 0.492 e. The lowest BCUT2D eigenvalue weighted by molar-refractivity contribution is 0.102. The molecule has 1 aromatic heterocycles. The molecule has 1 aliphatic heterocycles. The van der Waals surface area contributed by atoms with Crippen molar-refractivity contribution in [1.82, 2.24) is 20.0 Å². The smallest absolute Gasteiger partial charge is 0.317 e. The van der Waals surface area contributed by atoms with E-state index in [1.54, 1.807) is 40.0 Å². The number of anilines is 1. The first-order valence-corrected chi connectivity index (χ1v) is 11.7. The van der Waals surface area contributed by atoms with E-state index in [0.29, 0.717) is 48.3 Å². The molecule has 8 nitrogen and oxygen atoms in total. The van der Waals surface area contributed by atoms with Gasteiger partial charge in [-0.3, -0.25) is 4.79 Å². The highest BCUT2D eigenvalue weighted by molar-refractivity contribution is 6.34. The van der Waals surface area contributed by atoms with Crippen LogP contribution >= 0.6 is 11.6 Å². The lowest BCUT2D eigenvalue weighted by Gasteiger charge is -2.15. The van der Waals surface area contributed by atoms with Gasteiger partial charge in [-0.05, 0) is 55.0 Å². The highest BCUT2D eigenvalue weighted by atomic mass is 35.5. The average molecular weight is 490 g/mol. The van der Waals surface area contributed by atoms with Gasteiger partial charge in [-0.2, -0.15) is 5.10 Å². The molecule has 0 unspecified atom stereocenters. The standard InChI is InChI=1S/C26H24ClN5O3/c1-17-14-20(35-13-12-31-11-10-28-26(31)34)7-9-23(17)30-25(33)21-8-6-19(15-22(21)27)32-24-5-3-2-4-18(24)16-29-32/h2-9,14-16H,10-13H2,1H3,(H,28,34)(H,30,33). The summed E-state index contributed by atoms with van der Waals surface area (Å²) in [4.78, 5) is 26.2. The highest BCUT2D eigenvalue weighted by Gasteiger charge is 2.19. The van der Waals surface area contributed by atoms with Crippen molar-refractivity contribution in [2.24, 2.45) is 0 Å². The fourth-order valence-corrected chi connectivity index (χ4v) is 4.31. The van der Waals surface area contributed by atoms with Crippen LogP contribution in [0.5, 0.6) is 5.75 Å². The fourth-order valence-electron chi connectivity index (χ4n) is 4.05. The van der Waals surface area contributed by atoms with Crippen LogP contribution in [0.15, 0.2) is 66.9 Å². The first-order chi connectivity index (χ1) is 17.0. The normalized spacial score (nSPS) is 13.2. The second kappa shape index (κ2) is 9.68. The molecule has 0 aliphatic carbocycles. The van der Waals surface area contributed by atoms with E-state index in [9.17, 15) is 9.59 Å². The average Bonchev–Trinajstić information content (AvgIpc) is 3.46. The molecule has 1 aliphatic rings. The Labute approximate surface area is 207 Å². The lowest BCUT2D eigenvalue weighted by atomic mass is 10.1. The van der Waals surface area contributed by atoms with Crippen molar-refractivity contribution in [1.29, 1.82) is 0 Å². The van der Waals surface area contributed by atoms with Crippen LogP contribution in [0.3, 0.4) is 0 Å². The van der Waals surface area contributed by atoms with Gasteiger partial charge in [0, 0.05) is 24.2 Å². The van der Waals surface area contributed by atoms with Crippen LogP contribution in [0.25, 0.3) is 16.6 Å². The number of para-hydroxylation sites is 1. The van der Waals surface area contributed by atoms with Gasteiger partial charge in [0.2, 0.25) is 0 Å². The summed E-state index contributed by atoms with van der Waals surface area (Å²) in [5.74, 6) is 0.373. The van der Waals surface area contributed by atoms with Gasteiger partial charge in [0.05, 0.1) is 34.5 Å². The molecule has 1 saturated heterocycles. The van der Waals surface area contributed by atoms with Gasteiger partial charge in [-0.15, -0.1) is 0 Å². The van der Waals surface area contributed by atoms with E-state index in [0.717, 1.165) is 22.2 Å². The molecule has 0 bridgehead atoms. The van der Waals surface area contributed by atoms with Crippen LogP contribution in [0, 0.1) is 6.92 Å². The number of aryl methyl sites for hydroxylation is 1. The quantitative estimate of drug-likeness (QED) is 0.395. The zero-order chi connectivity index (χ0) is 24.4. The van der Waals surface area contributed by atoms with Crippen LogP contribution in [-0.4, -0.2) is 52.9 Å². The maximum atomic E-state index is 12.9. The first kappa shape index (κ1) is 22.7. The van der Waals surface area contributed by atoms with Gasteiger partial charge in [-0.25, -0.2) is 9.48 Å². The number of benzene rings is 3. The molecule has 3 aromatic carbocycles. The number of ether oxygens (including phenoxy) is 1. The minimum Gasteiger partial charge on any atom is -0.492 e. The summed E-state index contributed by atoms with van der Waals surface area (Å²) >= 11 is 6.49. The van der Waals surface area contributed by atoms with Gasteiger partial charge >= 0.3 is 6.03 Å². The number of aromatic nitrogens is 2. The van der Waals surface area contributed by atoms with Crippen molar-refractivity contribution in [3.63, 3.8) is 0 Å². The predicted molar refractivity (Wildman–Crippen MR) is 136 cm³/mol. The van der Waals surface area contributed by atoms with Crippen molar-refractivity contribution < 1.29 is 14.3 Å². The second-order valence-electron chi connectivity index (χ2n) is 8.28. The van der Waals surface area contributed by atoms with E-state index < -0.39 is 0 Å². The number of urea groups is 1. The minimum atomic E-state index is -0.302. The van der Waals surface area contributed by atoms with Crippen molar-refractivity contribution in [3.05, 3.63) is 83.0 Å². The number of halogens is 1. The Balaban J connectivity index is 1.25. The molecule has 0 atom stereocenters. The summed E-state index contributed by atoms with van der Waals surface area (Å²) < 4.78 is 7.57. The van der Waals surface area contributed by atoms with E-state index >= 15 is 0 Å². The molecule has 0 radical (unpaired) electrons. The Bertz CT molecular complexity index is 1420. The minimum absolute atomic E-state index is 0.0625. The molecule has 2 heterocycles. The van der Waals surface area contributed by atoms with E-state index in [4.69, 9.17) is 16.3 Å². The monoisotopic (exact) mass is 489 g/mol. The zero-order valence-corrected chi connectivity index (χ0v) is 19.9. The maximum absolute atomic E-state index is 12.9. The summed E-state index contributed by atoms with van der Waals surface area (Å²) in [6, 6.07) is 18.5. The Kier molecular flexibility index (Phi) is 6.29. The first-order valence-electron chi connectivity index (χ1n) is 11.3. The summed E-state index contributed by atoms with van der Waals surface area (Å²) in [7, 11) is 0. The Morgan fingerprint density at radius 2 is 2.03 bits per heavy atom. The molecule has 5 rings (SSSR count). The van der Waals surface area contributed by atoms with E-state index in [1.165, 1.54) is 0 Å². The van der Waals surface area contributed by atoms with Crippen LogP contribution in [0.4, 0.5) is 10.5 Å². The van der Waals surface area contributed by atoms with E-state index in [2.05, 4.69) is 15.7 Å². The lowest BCUT2D eigenvalue weighted by Crippen LogP contribution is -2.31.